The quantitative estimate of drug-likeness (QED) is 0.675. The van der Waals surface area contributed by atoms with Crippen LogP contribution < -0.4 is 10.6 Å². The van der Waals surface area contributed by atoms with Crippen LogP contribution in [0.4, 0.5) is 0 Å². The summed E-state index contributed by atoms with van der Waals surface area (Å²) in [6.07, 6.45) is 4.42. The number of nitrogens with one attached hydrogen (secondary N) is 2. The van der Waals surface area contributed by atoms with Gasteiger partial charge >= 0.3 is 0 Å². The third-order valence-electron chi connectivity index (χ3n) is 3.85. The number of carbonyl (C=O) groups excluding carboxylic acids is 1. The van der Waals surface area contributed by atoms with Gasteiger partial charge in [0.25, 0.3) is 0 Å². The van der Waals surface area contributed by atoms with E-state index >= 15 is 0 Å². The lowest BCUT2D eigenvalue weighted by Crippen LogP contribution is -2.36. The molecule has 0 aliphatic carbocycles. The van der Waals surface area contributed by atoms with E-state index in [-0.39, 0.29) is 29.8 Å². The van der Waals surface area contributed by atoms with Crippen LogP contribution in [-0.2, 0) is 4.79 Å². The van der Waals surface area contributed by atoms with E-state index in [4.69, 9.17) is 0 Å². The zero-order valence-corrected chi connectivity index (χ0v) is 13.9. The maximum atomic E-state index is 11.8. The first-order valence-electron chi connectivity index (χ1n) is 7.54. The second kappa shape index (κ2) is 9.59. The van der Waals surface area contributed by atoms with Gasteiger partial charge in [0, 0.05) is 13.0 Å². The van der Waals surface area contributed by atoms with Crippen LogP contribution in [0.5, 0.6) is 0 Å². The van der Waals surface area contributed by atoms with Gasteiger partial charge in [0.2, 0.25) is 5.91 Å². The zero-order chi connectivity index (χ0) is 14.3. The molecule has 1 heterocycles. The van der Waals surface area contributed by atoms with Gasteiger partial charge in [0.1, 0.15) is 0 Å². The van der Waals surface area contributed by atoms with Crippen molar-refractivity contribution in [1.82, 2.24) is 10.6 Å². The summed E-state index contributed by atoms with van der Waals surface area (Å²) in [5, 5.41) is 15.8. The second-order valence-electron chi connectivity index (χ2n) is 6.73. The minimum atomic E-state index is -0.318. The fourth-order valence-corrected chi connectivity index (χ4v) is 2.80. The summed E-state index contributed by atoms with van der Waals surface area (Å²) in [6, 6.07) is 0. The summed E-state index contributed by atoms with van der Waals surface area (Å²) >= 11 is 0. The minimum Gasteiger partial charge on any atom is -0.393 e. The van der Waals surface area contributed by atoms with Gasteiger partial charge in [-0.05, 0) is 57.0 Å². The van der Waals surface area contributed by atoms with Gasteiger partial charge in [-0.2, -0.15) is 0 Å². The number of piperidine rings is 1. The highest BCUT2D eigenvalue weighted by molar-refractivity contribution is 5.85. The Bertz CT molecular complexity index is 277. The highest BCUT2D eigenvalue weighted by Crippen LogP contribution is 2.21. The van der Waals surface area contributed by atoms with E-state index in [1.54, 1.807) is 6.92 Å². The molecule has 120 valence electrons. The fourth-order valence-electron chi connectivity index (χ4n) is 2.80. The molecule has 0 saturated carbocycles. The molecule has 1 aliphatic heterocycles. The third kappa shape index (κ3) is 8.77. The number of rotatable bonds is 7. The van der Waals surface area contributed by atoms with Crippen LogP contribution in [0.2, 0.25) is 0 Å². The van der Waals surface area contributed by atoms with Gasteiger partial charge in [0.15, 0.2) is 0 Å². The molecule has 0 aromatic rings. The standard InChI is InChI=1S/C15H30N2O2.ClH/c1-12(18)10-15(2,3)11-17-14(19)5-4-13-6-8-16-9-7-13;/h12-13,16,18H,4-11H2,1-3H3,(H,17,19);1H. The van der Waals surface area contributed by atoms with Crippen molar-refractivity contribution < 1.29 is 9.90 Å². The molecule has 0 bridgehead atoms. The molecule has 5 heteroatoms. The summed E-state index contributed by atoms with van der Waals surface area (Å²) in [4.78, 5) is 11.8. The zero-order valence-electron chi connectivity index (χ0n) is 13.1. The highest BCUT2D eigenvalue weighted by atomic mass is 35.5. The number of halogens is 1. The molecule has 1 unspecified atom stereocenters. The van der Waals surface area contributed by atoms with Crippen LogP contribution in [0.3, 0.4) is 0 Å². The molecular weight excluding hydrogens is 276 g/mol. The third-order valence-corrected chi connectivity index (χ3v) is 3.85. The number of amides is 1. The van der Waals surface area contributed by atoms with Gasteiger partial charge < -0.3 is 15.7 Å². The maximum absolute atomic E-state index is 11.8. The summed E-state index contributed by atoms with van der Waals surface area (Å²) in [5.41, 5.74) is -0.0431. The number of hydrogen-bond donors (Lipinski definition) is 3. The van der Waals surface area contributed by atoms with Gasteiger partial charge in [-0.3, -0.25) is 4.79 Å². The average Bonchev–Trinajstić information content (AvgIpc) is 2.34. The van der Waals surface area contributed by atoms with E-state index in [1.807, 2.05) is 0 Å². The van der Waals surface area contributed by atoms with Crippen molar-refractivity contribution in [3.05, 3.63) is 0 Å². The monoisotopic (exact) mass is 306 g/mol. The van der Waals surface area contributed by atoms with Crippen LogP contribution in [0, 0.1) is 11.3 Å². The average molecular weight is 307 g/mol. The van der Waals surface area contributed by atoms with E-state index in [1.165, 1.54) is 12.8 Å². The molecule has 1 rings (SSSR count). The van der Waals surface area contributed by atoms with Crippen molar-refractivity contribution in [3.63, 3.8) is 0 Å². The molecule has 1 amide bonds. The fraction of sp³-hybridized carbons (Fsp3) is 0.933. The predicted octanol–water partition coefficient (Wildman–Crippen LogP) is 2.10. The largest absolute Gasteiger partial charge is 0.393 e. The smallest absolute Gasteiger partial charge is 0.220 e. The Labute approximate surface area is 129 Å². The Morgan fingerprint density at radius 3 is 2.55 bits per heavy atom. The number of aliphatic hydroxyl groups is 1. The van der Waals surface area contributed by atoms with Gasteiger partial charge in [-0.1, -0.05) is 13.8 Å². The van der Waals surface area contributed by atoms with Crippen molar-refractivity contribution in [2.75, 3.05) is 19.6 Å². The summed E-state index contributed by atoms with van der Waals surface area (Å²) in [7, 11) is 0. The summed E-state index contributed by atoms with van der Waals surface area (Å²) in [5.74, 6) is 0.856. The van der Waals surface area contributed by atoms with Crippen LogP contribution >= 0.6 is 12.4 Å². The molecule has 0 aromatic carbocycles. The lowest BCUT2D eigenvalue weighted by molar-refractivity contribution is -0.122. The summed E-state index contributed by atoms with van der Waals surface area (Å²) in [6.45, 7) is 8.77. The SMILES string of the molecule is CC(O)CC(C)(C)CNC(=O)CCC1CCNCC1.Cl. The second-order valence-corrected chi connectivity index (χ2v) is 6.73. The molecule has 1 fully saturated rings. The molecule has 1 atom stereocenters. The molecule has 0 aromatic heterocycles. The first-order chi connectivity index (χ1) is 8.89. The first kappa shape index (κ1) is 19.7. The topological polar surface area (TPSA) is 61.4 Å². The van der Waals surface area contributed by atoms with Crippen molar-refractivity contribution in [2.45, 2.75) is 59.0 Å². The van der Waals surface area contributed by atoms with Crippen LogP contribution in [-0.4, -0.2) is 36.8 Å². The normalized spacial score (nSPS) is 18.2. The van der Waals surface area contributed by atoms with Crippen molar-refractivity contribution in [2.24, 2.45) is 11.3 Å². The van der Waals surface area contributed by atoms with E-state index in [0.717, 1.165) is 19.5 Å². The Kier molecular flexibility index (Phi) is 9.43. The number of carbonyl (C=O) groups is 1. The Balaban J connectivity index is 0.00000361. The van der Waals surface area contributed by atoms with E-state index in [9.17, 15) is 9.90 Å². The molecule has 4 nitrogen and oxygen atoms in total. The number of hydrogen-bond acceptors (Lipinski definition) is 3. The Morgan fingerprint density at radius 1 is 1.40 bits per heavy atom. The van der Waals surface area contributed by atoms with E-state index in [0.29, 0.717) is 25.3 Å². The Morgan fingerprint density at radius 2 is 2.00 bits per heavy atom. The maximum Gasteiger partial charge on any atom is 0.220 e. The first-order valence-corrected chi connectivity index (χ1v) is 7.54. The highest BCUT2D eigenvalue weighted by Gasteiger charge is 2.21. The molecular formula is C15H31ClN2O2. The van der Waals surface area contributed by atoms with Gasteiger partial charge in [-0.25, -0.2) is 0 Å². The van der Waals surface area contributed by atoms with Crippen LogP contribution in [0.15, 0.2) is 0 Å². The molecule has 1 saturated heterocycles. The Hall–Kier alpha value is -0.320. The lowest BCUT2D eigenvalue weighted by Gasteiger charge is -2.27. The predicted molar refractivity (Wildman–Crippen MR) is 85.2 cm³/mol. The molecule has 0 spiro atoms. The lowest BCUT2D eigenvalue weighted by atomic mass is 9.87. The molecule has 3 N–H and O–H groups in total. The van der Waals surface area contributed by atoms with Crippen molar-refractivity contribution in [3.8, 4) is 0 Å². The molecule has 20 heavy (non-hydrogen) atoms. The molecule has 1 aliphatic rings. The van der Waals surface area contributed by atoms with E-state index in [2.05, 4.69) is 24.5 Å². The van der Waals surface area contributed by atoms with Crippen LogP contribution in [0.1, 0.15) is 52.9 Å². The summed E-state index contributed by atoms with van der Waals surface area (Å²) < 4.78 is 0. The van der Waals surface area contributed by atoms with Crippen molar-refractivity contribution >= 4 is 18.3 Å². The number of aliphatic hydroxyl groups excluding tert-OH is 1. The minimum absolute atomic E-state index is 0. The van der Waals surface area contributed by atoms with Gasteiger partial charge in [-0.15, -0.1) is 12.4 Å². The van der Waals surface area contributed by atoms with Gasteiger partial charge in [0.05, 0.1) is 6.10 Å². The molecule has 0 radical (unpaired) electrons. The van der Waals surface area contributed by atoms with Crippen molar-refractivity contribution in [1.29, 1.82) is 0 Å². The van der Waals surface area contributed by atoms with E-state index < -0.39 is 0 Å². The van der Waals surface area contributed by atoms with Crippen LogP contribution in [0.25, 0.3) is 0 Å².